The van der Waals surface area contributed by atoms with Gasteiger partial charge in [-0.15, -0.1) is 10.2 Å². The molecule has 9 nitrogen and oxygen atoms in total. The fourth-order valence-electron chi connectivity index (χ4n) is 2.60. The Morgan fingerprint density at radius 1 is 1.04 bits per heavy atom. The Bertz CT molecular complexity index is 1200. The molecule has 0 aliphatic heterocycles. The highest BCUT2D eigenvalue weighted by molar-refractivity contribution is 7.86. The number of nitrogens with zero attached hydrogens (tertiary/aromatic N) is 3. The summed E-state index contributed by atoms with van der Waals surface area (Å²) in [6, 6.07) is 11.0. The van der Waals surface area contributed by atoms with Crippen LogP contribution in [0.25, 0.3) is 10.8 Å². The third-order valence-electron chi connectivity index (χ3n) is 3.83. The van der Waals surface area contributed by atoms with Gasteiger partial charge in [0.05, 0.1) is 4.92 Å². The van der Waals surface area contributed by atoms with Crippen LogP contribution in [-0.2, 0) is 10.1 Å². The summed E-state index contributed by atoms with van der Waals surface area (Å²) in [5.74, 6) is -0.298. The predicted octanol–water partition coefficient (Wildman–Crippen LogP) is 4.42. The van der Waals surface area contributed by atoms with E-state index in [0.717, 1.165) is 0 Å². The van der Waals surface area contributed by atoms with E-state index in [0.29, 0.717) is 5.56 Å². The quantitative estimate of drug-likeness (QED) is 0.293. The Kier molecular flexibility index (Phi) is 4.60. The summed E-state index contributed by atoms with van der Waals surface area (Å²) in [4.78, 5) is 10.2. The zero-order valence-corrected chi connectivity index (χ0v) is 14.7. The molecule has 3 aromatic rings. The summed E-state index contributed by atoms with van der Waals surface area (Å²) in [6.07, 6.45) is 0. The first-order chi connectivity index (χ1) is 12.7. The van der Waals surface area contributed by atoms with Gasteiger partial charge in [0.1, 0.15) is 16.3 Å². The average Bonchev–Trinajstić information content (AvgIpc) is 2.60. The third-order valence-corrected chi connectivity index (χ3v) is 4.75. The van der Waals surface area contributed by atoms with Crippen LogP contribution in [0.5, 0.6) is 5.75 Å². The van der Waals surface area contributed by atoms with Crippen LogP contribution in [0, 0.1) is 17.0 Å². The summed E-state index contributed by atoms with van der Waals surface area (Å²) in [7, 11) is -4.49. The fraction of sp³-hybridized carbons (Fsp3) is 0.0588. The number of nitro benzene ring substituents is 1. The predicted molar refractivity (Wildman–Crippen MR) is 97.4 cm³/mol. The molecular formula is C17H13N3O6S. The van der Waals surface area contributed by atoms with E-state index in [4.69, 9.17) is 0 Å². The lowest BCUT2D eigenvalue weighted by Crippen LogP contribution is -1.98. The van der Waals surface area contributed by atoms with Crippen molar-refractivity contribution in [2.24, 2.45) is 10.2 Å². The lowest BCUT2D eigenvalue weighted by atomic mass is 10.1. The largest absolute Gasteiger partial charge is 0.506 e. The highest BCUT2D eigenvalue weighted by atomic mass is 32.2. The molecule has 0 radical (unpaired) electrons. The van der Waals surface area contributed by atoms with Gasteiger partial charge in [0.2, 0.25) is 0 Å². The van der Waals surface area contributed by atoms with Gasteiger partial charge in [0.15, 0.2) is 5.69 Å². The Labute approximate surface area is 153 Å². The molecule has 3 aromatic carbocycles. The van der Waals surface area contributed by atoms with Crippen LogP contribution in [0.3, 0.4) is 0 Å². The zero-order valence-electron chi connectivity index (χ0n) is 13.9. The lowest BCUT2D eigenvalue weighted by molar-refractivity contribution is -0.384. The monoisotopic (exact) mass is 387 g/mol. The van der Waals surface area contributed by atoms with E-state index in [2.05, 4.69) is 10.2 Å². The standard InChI is InChI=1S/C17H13N3O6S/c1-10-5-7-13(14(9-10)20(22)23)18-19-17-12-3-2-4-16(27(24,25)26)11(12)6-8-15(17)21/h2-9,21H,1H3,(H,24,25,26). The Hall–Kier alpha value is -3.37. The Morgan fingerprint density at radius 2 is 1.78 bits per heavy atom. The van der Waals surface area contributed by atoms with Crippen molar-refractivity contribution in [2.45, 2.75) is 11.8 Å². The van der Waals surface area contributed by atoms with E-state index in [1.54, 1.807) is 13.0 Å². The van der Waals surface area contributed by atoms with Crippen molar-refractivity contribution in [3.8, 4) is 5.75 Å². The van der Waals surface area contributed by atoms with Gasteiger partial charge < -0.3 is 5.11 Å². The molecule has 3 rings (SSSR count). The number of hydrogen-bond acceptors (Lipinski definition) is 7. The number of phenolic OH excluding ortho intramolecular Hbond substituents is 1. The summed E-state index contributed by atoms with van der Waals surface area (Å²) in [5, 5.41) is 29.4. The molecule has 0 heterocycles. The van der Waals surface area contributed by atoms with Gasteiger partial charge in [-0.25, -0.2) is 0 Å². The number of nitro groups is 1. The minimum Gasteiger partial charge on any atom is -0.506 e. The SMILES string of the molecule is Cc1ccc(N=Nc2c(O)ccc3c(S(=O)(=O)O)cccc23)c([N+](=O)[O-])c1. The maximum Gasteiger partial charge on any atom is 0.296 e. The molecule has 10 heteroatoms. The van der Waals surface area contributed by atoms with Crippen molar-refractivity contribution < 1.29 is 23.0 Å². The smallest absolute Gasteiger partial charge is 0.296 e. The normalized spacial score (nSPS) is 11.9. The fourth-order valence-corrected chi connectivity index (χ4v) is 3.31. The van der Waals surface area contributed by atoms with Gasteiger partial charge in [0, 0.05) is 16.8 Å². The molecule has 0 unspecified atom stereocenters. The van der Waals surface area contributed by atoms with Gasteiger partial charge >= 0.3 is 0 Å². The number of azo groups is 1. The Balaban J connectivity index is 2.20. The van der Waals surface area contributed by atoms with Crippen LogP contribution in [0.2, 0.25) is 0 Å². The summed E-state index contributed by atoms with van der Waals surface area (Å²) in [5.41, 5.74) is 0.323. The summed E-state index contributed by atoms with van der Waals surface area (Å²) < 4.78 is 32.4. The molecule has 0 fully saturated rings. The maximum absolute atomic E-state index is 11.5. The average molecular weight is 387 g/mol. The van der Waals surface area contributed by atoms with E-state index in [1.807, 2.05) is 0 Å². The highest BCUT2D eigenvalue weighted by Gasteiger charge is 2.18. The van der Waals surface area contributed by atoms with Gasteiger partial charge in [-0.1, -0.05) is 18.2 Å². The first-order valence-electron chi connectivity index (χ1n) is 7.57. The van der Waals surface area contributed by atoms with Crippen LogP contribution in [0.4, 0.5) is 17.1 Å². The Morgan fingerprint density at radius 3 is 2.44 bits per heavy atom. The van der Waals surface area contributed by atoms with Crippen LogP contribution in [-0.4, -0.2) is 23.0 Å². The van der Waals surface area contributed by atoms with E-state index in [1.165, 1.54) is 42.5 Å². The molecule has 0 aliphatic rings. The molecule has 0 aliphatic carbocycles. The number of phenols is 1. The minimum atomic E-state index is -4.49. The van der Waals surface area contributed by atoms with Crippen molar-refractivity contribution in [3.63, 3.8) is 0 Å². The molecule has 138 valence electrons. The van der Waals surface area contributed by atoms with Crippen LogP contribution >= 0.6 is 0 Å². The molecule has 0 bridgehead atoms. The number of hydrogen-bond donors (Lipinski definition) is 2. The highest BCUT2D eigenvalue weighted by Crippen LogP contribution is 2.39. The van der Waals surface area contributed by atoms with Crippen molar-refractivity contribution in [3.05, 3.63) is 64.2 Å². The molecule has 0 aromatic heterocycles. The first-order valence-corrected chi connectivity index (χ1v) is 9.01. The summed E-state index contributed by atoms with van der Waals surface area (Å²) >= 11 is 0. The van der Waals surface area contributed by atoms with E-state index in [-0.39, 0.29) is 38.5 Å². The molecular weight excluding hydrogens is 374 g/mol. The molecule has 27 heavy (non-hydrogen) atoms. The summed E-state index contributed by atoms with van der Waals surface area (Å²) in [6.45, 7) is 1.70. The molecule has 0 spiro atoms. The molecule has 0 saturated heterocycles. The molecule has 0 saturated carbocycles. The van der Waals surface area contributed by atoms with Crippen LogP contribution < -0.4 is 0 Å². The van der Waals surface area contributed by atoms with Crippen molar-refractivity contribution in [1.82, 2.24) is 0 Å². The first kappa shape index (κ1) is 18.4. The van der Waals surface area contributed by atoms with E-state index in [9.17, 15) is 28.2 Å². The van der Waals surface area contributed by atoms with Gasteiger partial charge in [0.25, 0.3) is 15.8 Å². The molecule has 0 atom stereocenters. The number of fused-ring (bicyclic) bond motifs is 1. The number of benzene rings is 3. The van der Waals surface area contributed by atoms with Gasteiger partial charge in [-0.3, -0.25) is 14.7 Å². The minimum absolute atomic E-state index is 0.0204. The van der Waals surface area contributed by atoms with Crippen LogP contribution in [0.15, 0.2) is 63.7 Å². The number of rotatable bonds is 4. The molecule has 0 amide bonds. The topological polar surface area (TPSA) is 142 Å². The molecule has 2 N–H and O–H groups in total. The second-order valence-electron chi connectivity index (χ2n) is 5.71. The third kappa shape index (κ3) is 3.61. The lowest BCUT2D eigenvalue weighted by Gasteiger charge is -2.07. The van der Waals surface area contributed by atoms with E-state index < -0.39 is 15.0 Å². The zero-order chi connectivity index (χ0) is 19.8. The number of aromatic hydroxyl groups is 1. The van der Waals surface area contributed by atoms with Gasteiger partial charge in [-0.05, 0) is 36.8 Å². The van der Waals surface area contributed by atoms with Crippen molar-refractivity contribution in [1.29, 1.82) is 0 Å². The number of aryl methyl sites for hydroxylation is 1. The van der Waals surface area contributed by atoms with Gasteiger partial charge in [-0.2, -0.15) is 8.42 Å². The van der Waals surface area contributed by atoms with Crippen molar-refractivity contribution >= 4 is 38.0 Å². The van der Waals surface area contributed by atoms with E-state index >= 15 is 0 Å². The second kappa shape index (κ2) is 6.74. The van der Waals surface area contributed by atoms with Crippen molar-refractivity contribution in [2.75, 3.05) is 0 Å². The van der Waals surface area contributed by atoms with Crippen LogP contribution in [0.1, 0.15) is 5.56 Å². The second-order valence-corrected chi connectivity index (χ2v) is 7.10. The maximum atomic E-state index is 11.5.